The van der Waals surface area contributed by atoms with Crippen LogP contribution in [0.4, 0.5) is 0 Å². The molecular formula is C12H8ClN3O3. The summed E-state index contributed by atoms with van der Waals surface area (Å²) in [6.07, 6.45) is 0. The van der Waals surface area contributed by atoms with Gasteiger partial charge < -0.3 is 9.52 Å². The Bertz CT molecular complexity index is 791. The van der Waals surface area contributed by atoms with Crippen LogP contribution in [0.5, 0.6) is 0 Å². The molecule has 0 saturated heterocycles. The molecule has 0 atom stereocenters. The number of fused-ring (bicyclic) bond motifs is 1. The molecule has 0 saturated carbocycles. The van der Waals surface area contributed by atoms with Crippen molar-refractivity contribution in [3.63, 3.8) is 0 Å². The molecule has 0 aliphatic carbocycles. The number of nitrogens with zero attached hydrogens (tertiary/aromatic N) is 3. The van der Waals surface area contributed by atoms with Gasteiger partial charge in [-0.15, -0.1) is 5.10 Å². The lowest BCUT2D eigenvalue weighted by atomic mass is 10.2. The molecule has 0 radical (unpaired) electrons. The van der Waals surface area contributed by atoms with Crippen molar-refractivity contribution in [2.75, 3.05) is 0 Å². The Morgan fingerprint density at radius 3 is 2.79 bits per heavy atom. The van der Waals surface area contributed by atoms with Crippen LogP contribution in [0.3, 0.4) is 0 Å². The van der Waals surface area contributed by atoms with Crippen molar-refractivity contribution >= 4 is 23.4 Å². The second-order valence-electron chi connectivity index (χ2n) is 3.93. The number of carboxylic acid groups (broad SMARTS) is 1. The fourth-order valence-corrected chi connectivity index (χ4v) is 2.02. The number of aromatic carboxylic acids is 1. The van der Waals surface area contributed by atoms with Gasteiger partial charge in [-0.2, -0.15) is 9.50 Å². The van der Waals surface area contributed by atoms with E-state index in [1.807, 2.05) is 6.07 Å². The highest BCUT2D eigenvalue weighted by atomic mass is 35.5. The third kappa shape index (κ3) is 1.77. The third-order valence-corrected chi connectivity index (χ3v) is 3.06. The number of halogens is 1. The number of oxazole rings is 1. The maximum atomic E-state index is 10.9. The number of carboxylic acids is 1. The molecular weight excluding hydrogens is 270 g/mol. The Labute approximate surface area is 112 Å². The van der Waals surface area contributed by atoms with Crippen molar-refractivity contribution in [3.05, 3.63) is 40.7 Å². The molecule has 0 spiro atoms. The first kappa shape index (κ1) is 11.7. The molecule has 0 fully saturated rings. The van der Waals surface area contributed by atoms with E-state index in [1.165, 1.54) is 4.52 Å². The Morgan fingerprint density at radius 2 is 2.16 bits per heavy atom. The van der Waals surface area contributed by atoms with E-state index in [4.69, 9.17) is 21.1 Å². The van der Waals surface area contributed by atoms with Crippen LogP contribution in [0.1, 0.15) is 16.2 Å². The molecule has 2 heterocycles. The van der Waals surface area contributed by atoms with Crippen molar-refractivity contribution in [2.45, 2.75) is 6.92 Å². The Kier molecular flexibility index (Phi) is 2.53. The van der Waals surface area contributed by atoms with Crippen LogP contribution in [0.2, 0.25) is 5.02 Å². The van der Waals surface area contributed by atoms with Gasteiger partial charge in [0.15, 0.2) is 5.82 Å². The quantitative estimate of drug-likeness (QED) is 0.779. The van der Waals surface area contributed by atoms with Gasteiger partial charge in [0.25, 0.3) is 0 Å². The molecule has 6 nitrogen and oxygen atoms in total. The van der Waals surface area contributed by atoms with Crippen LogP contribution in [0, 0.1) is 6.92 Å². The predicted octanol–water partition coefficient (Wildman–Crippen LogP) is 2.65. The van der Waals surface area contributed by atoms with E-state index in [1.54, 1.807) is 25.1 Å². The number of benzene rings is 1. The van der Waals surface area contributed by atoms with Crippen molar-refractivity contribution < 1.29 is 14.3 Å². The maximum Gasteiger partial charge on any atom is 0.373 e. The van der Waals surface area contributed by atoms with Crippen molar-refractivity contribution in [1.82, 2.24) is 14.6 Å². The zero-order valence-corrected chi connectivity index (χ0v) is 10.5. The molecule has 1 aromatic carbocycles. The predicted molar refractivity (Wildman–Crippen MR) is 67.4 cm³/mol. The summed E-state index contributed by atoms with van der Waals surface area (Å²) < 4.78 is 6.50. The minimum atomic E-state index is -1.15. The molecule has 0 unspecified atom stereocenters. The van der Waals surface area contributed by atoms with Gasteiger partial charge in [0.2, 0.25) is 5.76 Å². The average molecular weight is 278 g/mol. The minimum absolute atomic E-state index is 0.129. The summed E-state index contributed by atoms with van der Waals surface area (Å²) in [5.41, 5.74) is 1.05. The second-order valence-corrected chi connectivity index (χ2v) is 4.34. The van der Waals surface area contributed by atoms with Crippen LogP contribution in [-0.4, -0.2) is 25.7 Å². The van der Waals surface area contributed by atoms with Crippen LogP contribution >= 0.6 is 11.6 Å². The number of aromatic nitrogens is 3. The van der Waals surface area contributed by atoms with Crippen LogP contribution < -0.4 is 0 Å². The van der Waals surface area contributed by atoms with Gasteiger partial charge in [0.05, 0.1) is 10.7 Å². The zero-order valence-electron chi connectivity index (χ0n) is 9.79. The zero-order chi connectivity index (χ0) is 13.6. The summed E-state index contributed by atoms with van der Waals surface area (Å²) in [5, 5.41) is 13.7. The average Bonchev–Trinajstić information content (AvgIpc) is 2.90. The summed E-state index contributed by atoms with van der Waals surface area (Å²) >= 11 is 6.06. The summed E-state index contributed by atoms with van der Waals surface area (Å²) in [5.74, 6) is -0.793. The minimum Gasteiger partial charge on any atom is -0.475 e. The van der Waals surface area contributed by atoms with E-state index in [2.05, 4.69) is 10.1 Å². The molecule has 0 aliphatic rings. The van der Waals surface area contributed by atoms with E-state index >= 15 is 0 Å². The molecule has 1 N–H and O–H groups in total. The van der Waals surface area contributed by atoms with Gasteiger partial charge in [-0.05, 0) is 19.1 Å². The normalized spacial score (nSPS) is 11.1. The van der Waals surface area contributed by atoms with Crippen LogP contribution in [0.15, 0.2) is 28.7 Å². The number of rotatable bonds is 2. The van der Waals surface area contributed by atoms with Gasteiger partial charge in [-0.1, -0.05) is 23.7 Å². The first-order valence-corrected chi connectivity index (χ1v) is 5.80. The van der Waals surface area contributed by atoms with E-state index in [-0.39, 0.29) is 11.6 Å². The first-order chi connectivity index (χ1) is 9.08. The summed E-state index contributed by atoms with van der Waals surface area (Å²) in [6, 6.07) is 7.14. The SMILES string of the molecule is Cc1c(C(=O)O)oc2nc(-c3ccccc3Cl)nn12. The van der Waals surface area contributed by atoms with Gasteiger partial charge in [0.1, 0.15) is 0 Å². The van der Waals surface area contributed by atoms with Gasteiger partial charge in [-0.25, -0.2) is 4.79 Å². The Hall–Kier alpha value is -2.34. The topological polar surface area (TPSA) is 80.6 Å². The number of aryl methyl sites for hydroxylation is 1. The third-order valence-electron chi connectivity index (χ3n) is 2.73. The maximum absolute atomic E-state index is 10.9. The van der Waals surface area contributed by atoms with E-state index in [0.717, 1.165) is 0 Å². The lowest BCUT2D eigenvalue weighted by Crippen LogP contribution is -1.98. The highest BCUT2D eigenvalue weighted by Gasteiger charge is 2.20. The molecule has 7 heteroatoms. The smallest absolute Gasteiger partial charge is 0.373 e. The molecule has 0 bridgehead atoms. The second kappa shape index (κ2) is 4.10. The van der Waals surface area contributed by atoms with Crippen molar-refractivity contribution in [2.24, 2.45) is 0 Å². The lowest BCUT2D eigenvalue weighted by Gasteiger charge is -1.97. The Morgan fingerprint density at radius 1 is 1.42 bits per heavy atom. The highest BCUT2D eigenvalue weighted by molar-refractivity contribution is 6.33. The van der Waals surface area contributed by atoms with Crippen molar-refractivity contribution in [3.8, 4) is 11.4 Å². The molecule has 3 rings (SSSR count). The highest BCUT2D eigenvalue weighted by Crippen LogP contribution is 2.26. The molecule has 19 heavy (non-hydrogen) atoms. The first-order valence-electron chi connectivity index (χ1n) is 5.42. The fraction of sp³-hybridized carbons (Fsp3) is 0.0833. The standard InChI is InChI=1S/C12H8ClN3O3/c1-6-9(11(17)18)19-12-14-10(15-16(6)12)7-4-2-3-5-8(7)13/h2-5H,1H3,(H,17,18). The number of carbonyl (C=O) groups is 1. The van der Waals surface area contributed by atoms with Crippen molar-refractivity contribution in [1.29, 1.82) is 0 Å². The molecule has 3 aromatic rings. The molecule has 0 aliphatic heterocycles. The van der Waals surface area contributed by atoms with E-state index in [9.17, 15) is 4.79 Å². The van der Waals surface area contributed by atoms with Gasteiger partial charge in [0, 0.05) is 5.56 Å². The number of hydrogen-bond acceptors (Lipinski definition) is 4. The van der Waals surface area contributed by atoms with Crippen LogP contribution in [-0.2, 0) is 0 Å². The van der Waals surface area contributed by atoms with Crippen LogP contribution in [0.25, 0.3) is 17.2 Å². The molecule has 2 aromatic heterocycles. The lowest BCUT2D eigenvalue weighted by molar-refractivity contribution is 0.0663. The number of hydrogen-bond donors (Lipinski definition) is 1. The molecule has 96 valence electrons. The molecule has 0 amide bonds. The van der Waals surface area contributed by atoms with E-state index < -0.39 is 5.97 Å². The largest absolute Gasteiger partial charge is 0.475 e. The summed E-state index contributed by atoms with van der Waals surface area (Å²) in [6.45, 7) is 1.60. The summed E-state index contributed by atoms with van der Waals surface area (Å²) in [4.78, 5) is 15.1. The van der Waals surface area contributed by atoms with E-state index in [0.29, 0.717) is 22.1 Å². The Balaban J connectivity index is 2.19. The monoisotopic (exact) mass is 277 g/mol. The van der Waals surface area contributed by atoms with Gasteiger partial charge in [-0.3, -0.25) is 0 Å². The summed E-state index contributed by atoms with van der Waals surface area (Å²) in [7, 11) is 0. The van der Waals surface area contributed by atoms with Gasteiger partial charge >= 0.3 is 11.8 Å². The fourth-order valence-electron chi connectivity index (χ4n) is 1.80.